The monoisotopic (exact) mass is 928 g/mol. The van der Waals surface area contributed by atoms with Gasteiger partial charge in [-0.25, -0.2) is 5.56 Å². The Kier molecular flexibility index (Phi) is 8.64. The summed E-state index contributed by atoms with van der Waals surface area (Å²) in [4.78, 5) is 0. The summed E-state index contributed by atoms with van der Waals surface area (Å²) in [6.45, 7) is 11.3. The van der Waals surface area contributed by atoms with Crippen LogP contribution in [0.4, 0.5) is 0 Å². The smallest absolute Gasteiger partial charge is 0.0854 e. The Hall–Kier alpha value is -5.23. The van der Waals surface area contributed by atoms with Crippen molar-refractivity contribution in [3.8, 4) is 50.3 Å². The summed E-state index contributed by atoms with van der Waals surface area (Å²) in [5.74, 6) is -0.977. The fraction of sp³-hybridized carbons (Fsp3) is 0.200. The SMILES string of the molecule is [2H]c1c([2H])c(C([2H])([2H])[2H])c([2H])c([2H])c1-c1cc[c-]c(-c2[c-]c(-c3cccc4c3[C-]=C(c3cc(C)cc(C)c3O)C4c3ccc(C([2H])(C)C)cc3-c3ccccc3)cc(C(C)(C)C)c2)c1.[Pt]. The molecule has 1 unspecified atom stereocenters. The molecule has 0 bridgehead atoms. The molecule has 57 heavy (non-hydrogen) atoms. The van der Waals surface area contributed by atoms with E-state index in [1.165, 1.54) is 0 Å². The molecule has 1 atom stereocenters. The quantitative estimate of drug-likeness (QED) is 0.158. The van der Waals surface area contributed by atoms with Crippen LogP contribution in [0.15, 0.2) is 133 Å². The van der Waals surface area contributed by atoms with E-state index in [0.29, 0.717) is 22.3 Å². The van der Waals surface area contributed by atoms with Crippen LogP contribution in [0.3, 0.4) is 0 Å². The number of aryl methyl sites for hydroxylation is 2. The third-order valence-corrected chi connectivity index (χ3v) is 10.7. The molecule has 8 rings (SSSR count). The number of hydrogen-bond donors (Lipinski definition) is 1. The van der Waals surface area contributed by atoms with E-state index in [1.54, 1.807) is 18.2 Å². The van der Waals surface area contributed by atoms with Gasteiger partial charge in [0.05, 0.1) is 11.2 Å². The average molecular weight is 929 g/mol. The molecule has 7 aromatic carbocycles. The van der Waals surface area contributed by atoms with Gasteiger partial charge in [-0.15, -0.1) is 63.2 Å². The fourth-order valence-corrected chi connectivity index (χ4v) is 7.76. The van der Waals surface area contributed by atoms with Crippen LogP contribution in [0.1, 0.15) is 107 Å². The minimum absolute atomic E-state index is 0. The zero-order chi connectivity index (χ0) is 46.2. The van der Waals surface area contributed by atoms with Crippen molar-refractivity contribution in [1.82, 2.24) is 0 Å². The molecular formula is C55H49OPt-3. The van der Waals surface area contributed by atoms with Crippen LogP contribution in [0.25, 0.3) is 50.1 Å². The first-order chi connectivity index (χ1) is 30.0. The minimum atomic E-state index is -2.81. The van der Waals surface area contributed by atoms with Crippen molar-refractivity contribution < 1.29 is 37.1 Å². The van der Waals surface area contributed by atoms with E-state index in [1.807, 2.05) is 70.2 Å². The van der Waals surface area contributed by atoms with Crippen molar-refractivity contribution in [1.29, 1.82) is 0 Å². The molecular weight excluding hydrogens is 872 g/mol. The van der Waals surface area contributed by atoms with Gasteiger partial charge in [0.1, 0.15) is 0 Å². The zero-order valence-electron chi connectivity index (χ0n) is 41.2. The predicted molar refractivity (Wildman–Crippen MR) is 235 cm³/mol. The van der Waals surface area contributed by atoms with Gasteiger partial charge in [0.2, 0.25) is 0 Å². The number of aromatic hydroxyl groups is 1. The second-order valence-electron chi connectivity index (χ2n) is 16.1. The predicted octanol–water partition coefficient (Wildman–Crippen LogP) is 14.4. The average Bonchev–Trinajstić information content (AvgIpc) is 3.63. The van der Waals surface area contributed by atoms with Gasteiger partial charge in [0.15, 0.2) is 0 Å². The molecule has 0 spiro atoms. The molecule has 1 aliphatic rings. The Labute approximate surface area is 365 Å². The Morgan fingerprint density at radius 1 is 0.702 bits per heavy atom. The number of phenolic OH excluding ortho intramolecular Hbond substituents is 1. The number of fused-ring (bicyclic) bond motifs is 1. The van der Waals surface area contributed by atoms with E-state index >= 15 is 0 Å². The molecule has 1 nitrogen and oxygen atoms in total. The maximum atomic E-state index is 11.8. The van der Waals surface area contributed by atoms with Crippen LogP contribution >= 0.6 is 0 Å². The molecule has 1 N–H and O–H groups in total. The zero-order valence-corrected chi connectivity index (χ0v) is 35.5. The number of phenols is 1. The molecule has 0 saturated heterocycles. The maximum Gasteiger partial charge on any atom is 0.0854 e. The molecule has 0 fully saturated rings. The van der Waals surface area contributed by atoms with Gasteiger partial charge in [-0.3, -0.25) is 0 Å². The Bertz CT molecular complexity index is 3000. The molecule has 0 aromatic heterocycles. The Morgan fingerprint density at radius 2 is 1.46 bits per heavy atom. The first kappa shape index (κ1) is 30.8. The van der Waals surface area contributed by atoms with Crippen molar-refractivity contribution >= 4 is 5.57 Å². The summed E-state index contributed by atoms with van der Waals surface area (Å²) < 4.78 is 67.3. The van der Waals surface area contributed by atoms with E-state index in [2.05, 4.69) is 87.5 Å². The van der Waals surface area contributed by atoms with Crippen molar-refractivity contribution in [2.45, 2.75) is 72.5 Å². The van der Waals surface area contributed by atoms with Gasteiger partial charge in [-0.1, -0.05) is 148 Å². The summed E-state index contributed by atoms with van der Waals surface area (Å²) in [6.07, 6.45) is 3.85. The second-order valence-corrected chi connectivity index (χ2v) is 16.1. The van der Waals surface area contributed by atoms with E-state index in [-0.39, 0.29) is 43.7 Å². The number of allylic oxidation sites excluding steroid dienone is 1. The van der Waals surface area contributed by atoms with Crippen LogP contribution in [0, 0.1) is 38.9 Å². The van der Waals surface area contributed by atoms with Crippen LogP contribution in [-0.2, 0) is 26.5 Å². The molecule has 2 heteroatoms. The molecule has 1 aliphatic carbocycles. The fourth-order valence-electron chi connectivity index (χ4n) is 7.76. The van der Waals surface area contributed by atoms with E-state index in [9.17, 15) is 5.11 Å². The van der Waals surface area contributed by atoms with Gasteiger partial charge in [-0.2, -0.15) is 35.9 Å². The van der Waals surface area contributed by atoms with Crippen molar-refractivity contribution in [2.75, 3.05) is 0 Å². The molecule has 288 valence electrons. The largest absolute Gasteiger partial charge is 0.517 e. The van der Waals surface area contributed by atoms with E-state index in [4.69, 9.17) is 11.0 Å². The van der Waals surface area contributed by atoms with Gasteiger partial charge in [-0.05, 0) is 71.3 Å². The van der Waals surface area contributed by atoms with Gasteiger partial charge < -0.3 is 5.11 Å². The summed E-state index contributed by atoms with van der Waals surface area (Å²) in [5, 5.41) is 11.8. The minimum Gasteiger partial charge on any atom is -0.517 e. The molecule has 0 heterocycles. The van der Waals surface area contributed by atoms with E-state index < -0.39 is 42.5 Å². The Balaban J connectivity index is 0.00000630. The normalized spacial score (nSPS) is 16.1. The topological polar surface area (TPSA) is 20.2 Å². The molecule has 0 radical (unpaired) electrons. The number of benzene rings is 7. The third kappa shape index (κ3) is 7.88. The Morgan fingerprint density at radius 3 is 2.18 bits per heavy atom. The number of hydrogen-bond acceptors (Lipinski definition) is 1. The first-order valence-corrected chi connectivity index (χ1v) is 19.0. The summed E-state index contributed by atoms with van der Waals surface area (Å²) in [7, 11) is 0. The standard InChI is InChI=1S/C55H49O.Pt/c1-34(2)40-24-25-48(49(32-40)39-14-10-9-11-15-39)53-47-19-13-18-46(50(47)33-51(53)52-27-36(4)26-37(5)54(52)56)44-29-43(30-45(31-44)55(6,7)8)42-17-12-16-41(28-42)38-22-20-35(3)21-23-38;/h9-16,18-28,30-32,34,53,56H,1-8H3;/q-3;/i3D3,20D,21D,22D,23D,34D;. The van der Waals surface area contributed by atoms with Crippen LogP contribution < -0.4 is 0 Å². The molecule has 0 aliphatic heterocycles. The van der Waals surface area contributed by atoms with Crippen LogP contribution in [0.5, 0.6) is 5.75 Å². The van der Waals surface area contributed by atoms with Gasteiger partial charge >= 0.3 is 0 Å². The summed E-state index contributed by atoms with van der Waals surface area (Å²) >= 11 is 0. The van der Waals surface area contributed by atoms with Crippen LogP contribution in [0.2, 0.25) is 0 Å². The summed E-state index contributed by atoms with van der Waals surface area (Å²) in [5.41, 5.74) is 12.6. The first-order valence-electron chi connectivity index (χ1n) is 23.0. The third-order valence-electron chi connectivity index (χ3n) is 10.7. The van der Waals surface area contributed by atoms with Crippen molar-refractivity contribution in [3.63, 3.8) is 0 Å². The van der Waals surface area contributed by atoms with Crippen molar-refractivity contribution in [3.05, 3.63) is 202 Å². The summed E-state index contributed by atoms with van der Waals surface area (Å²) in [6, 6.07) is 41.0. The van der Waals surface area contributed by atoms with E-state index in [0.717, 1.165) is 66.8 Å². The molecule has 0 amide bonds. The van der Waals surface area contributed by atoms with Gasteiger partial charge in [0, 0.05) is 26.5 Å². The van der Waals surface area contributed by atoms with Crippen molar-refractivity contribution in [2.24, 2.45) is 0 Å². The molecule has 0 saturated carbocycles. The van der Waals surface area contributed by atoms with Gasteiger partial charge in [0.25, 0.3) is 0 Å². The molecule has 7 aromatic rings. The maximum absolute atomic E-state index is 11.8. The second kappa shape index (κ2) is 16.0. The van der Waals surface area contributed by atoms with Crippen LogP contribution in [-0.4, -0.2) is 5.11 Å². The number of rotatable bonds is 7.